The van der Waals surface area contributed by atoms with Gasteiger partial charge in [0.2, 0.25) is 0 Å². The van der Waals surface area contributed by atoms with E-state index in [4.69, 9.17) is 9.26 Å². The van der Waals surface area contributed by atoms with Crippen molar-refractivity contribution in [1.29, 1.82) is 0 Å². The molecule has 1 N–H and O–H groups in total. The lowest BCUT2D eigenvalue weighted by Crippen LogP contribution is -2.27. The molecular formula is C22H18FN3O3. The summed E-state index contributed by atoms with van der Waals surface area (Å²) >= 11 is 0. The van der Waals surface area contributed by atoms with Crippen molar-refractivity contribution in [3.8, 4) is 22.5 Å². The Hall–Kier alpha value is -3.58. The maximum Gasteiger partial charge on any atom is 0.259 e. The summed E-state index contributed by atoms with van der Waals surface area (Å²) in [5, 5.41) is 7.41. The number of benzene rings is 2. The molecule has 2 aromatic carbocycles. The SMILES string of the molecule is COCCNC(=O)c1cc(-c2ccccc2)nc2onc(-c3ccc(F)cc3)c12. The van der Waals surface area contributed by atoms with E-state index in [0.29, 0.717) is 41.1 Å². The third kappa shape index (κ3) is 3.86. The molecule has 0 saturated heterocycles. The zero-order valence-corrected chi connectivity index (χ0v) is 15.7. The van der Waals surface area contributed by atoms with E-state index in [1.807, 2.05) is 30.3 Å². The normalized spacial score (nSPS) is 11.0. The highest BCUT2D eigenvalue weighted by Crippen LogP contribution is 2.32. The van der Waals surface area contributed by atoms with Gasteiger partial charge in [0.1, 0.15) is 11.5 Å². The maximum absolute atomic E-state index is 13.3. The first kappa shape index (κ1) is 18.8. The fourth-order valence-corrected chi connectivity index (χ4v) is 3.05. The average molecular weight is 391 g/mol. The van der Waals surface area contributed by atoms with E-state index in [-0.39, 0.29) is 17.4 Å². The second-order valence-corrected chi connectivity index (χ2v) is 6.39. The van der Waals surface area contributed by atoms with Crippen LogP contribution < -0.4 is 5.32 Å². The molecule has 0 spiro atoms. The standard InChI is InChI=1S/C22H18FN3O3/c1-28-12-11-24-21(27)17-13-18(14-5-3-2-4-6-14)25-22-19(17)20(26-29-22)15-7-9-16(23)10-8-15/h2-10,13H,11-12H2,1H3,(H,24,27). The van der Waals surface area contributed by atoms with Crippen molar-refractivity contribution >= 4 is 17.0 Å². The Morgan fingerprint density at radius 1 is 1.10 bits per heavy atom. The topological polar surface area (TPSA) is 77.2 Å². The molecule has 0 saturated carbocycles. The van der Waals surface area contributed by atoms with Gasteiger partial charge in [0.25, 0.3) is 11.6 Å². The van der Waals surface area contributed by atoms with Gasteiger partial charge in [0, 0.05) is 24.8 Å². The number of ether oxygens (including phenoxy) is 1. The van der Waals surface area contributed by atoms with Crippen LogP contribution in [0.2, 0.25) is 0 Å². The van der Waals surface area contributed by atoms with Crippen LogP contribution in [0.15, 0.2) is 65.2 Å². The van der Waals surface area contributed by atoms with E-state index in [0.717, 1.165) is 5.56 Å². The molecule has 0 unspecified atom stereocenters. The molecule has 4 aromatic rings. The third-order valence-corrected chi connectivity index (χ3v) is 4.47. The fraction of sp³-hybridized carbons (Fsp3) is 0.136. The number of aromatic nitrogens is 2. The van der Waals surface area contributed by atoms with Crippen LogP contribution in [0, 0.1) is 5.82 Å². The van der Waals surface area contributed by atoms with Gasteiger partial charge >= 0.3 is 0 Å². The number of amides is 1. The molecule has 0 aliphatic carbocycles. The summed E-state index contributed by atoms with van der Waals surface area (Å²) in [4.78, 5) is 17.5. The van der Waals surface area contributed by atoms with Crippen molar-refractivity contribution in [3.63, 3.8) is 0 Å². The largest absolute Gasteiger partial charge is 0.383 e. The molecule has 6 nitrogen and oxygen atoms in total. The van der Waals surface area contributed by atoms with Crippen molar-refractivity contribution < 1.29 is 18.4 Å². The van der Waals surface area contributed by atoms with Crippen LogP contribution in [-0.4, -0.2) is 36.3 Å². The predicted molar refractivity (Wildman–Crippen MR) is 107 cm³/mol. The van der Waals surface area contributed by atoms with E-state index in [9.17, 15) is 9.18 Å². The molecule has 2 heterocycles. The van der Waals surface area contributed by atoms with Crippen molar-refractivity contribution in [3.05, 3.63) is 72.0 Å². The molecule has 29 heavy (non-hydrogen) atoms. The van der Waals surface area contributed by atoms with Gasteiger partial charge in [-0.2, -0.15) is 0 Å². The number of carbonyl (C=O) groups is 1. The molecule has 4 rings (SSSR count). The van der Waals surface area contributed by atoms with Crippen LogP contribution in [0.4, 0.5) is 4.39 Å². The Labute approximate surface area is 166 Å². The number of halogens is 1. The number of methoxy groups -OCH3 is 1. The number of hydrogen-bond donors (Lipinski definition) is 1. The Kier molecular flexibility index (Phi) is 5.31. The quantitative estimate of drug-likeness (QED) is 0.501. The Morgan fingerprint density at radius 3 is 2.59 bits per heavy atom. The molecule has 0 fully saturated rings. The van der Waals surface area contributed by atoms with Gasteiger partial charge < -0.3 is 14.6 Å². The van der Waals surface area contributed by atoms with Crippen molar-refractivity contribution in [2.75, 3.05) is 20.3 Å². The molecule has 146 valence electrons. The van der Waals surface area contributed by atoms with Gasteiger partial charge in [-0.15, -0.1) is 0 Å². The van der Waals surface area contributed by atoms with Crippen LogP contribution in [0.5, 0.6) is 0 Å². The number of pyridine rings is 1. The number of hydrogen-bond acceptors (Lipinski definition) is 5. The molecule has 0 bridgehead atoms. The lowest BCUT2D eigenvalue weighted by atomic mass is 10.0. The first-order valence-electron chi connectivity index (χ1n) is 9.06. The maximum atomic E-state index is 13.3. The van der Waals surface area contributed by atoms with Crippen LogP contribution in [0.25, 0.3) is 33.6 Å². The smallest absolute Gasteiger partial charge is 0.259 e. The Balaban J connectivity index is 1.87. The lowest BCUT2D eigenvalue weighted by molar-refractivity contribution is 0.0938. The first-order chi connectivity index (χ1) is 14.2. The number of fused-ring (bicyclic) bond motifs is 1. The van der Waals surface area contributed by atoms with Crippen molar-refractivity contribution in [2.24, 2.45) is 0 Å². The zero-order valence-electron chi connectivity index (χ0n) is 15.7. The molecule has 2 aromatic heterocycles. The molecule has 0 aliphatic heterocycles. The third-order valence-electron chi connectivity index (χ3n) is 4.47. The minimum absolute atomic E-state index is 0.238. The van der Waals surface area contributed by atoms with Gasteiger partial charge in [-0.05, 0) is 30.3 Å². The van der Waals surface area contributed by atoms with Crippen LogP contribution in [-0.2, 0) is 4.74 Å². The molecule has 7 heteroatoms. The van der Waals surface area contributed by atoms with Crippen molar-refractivity contribution in [2.45, 2.75) is 0 Å². The number of carbonyl (C=O) groups excluding carboxylic acids is 1. The Morgan fingerprint density at radius 2 is 1.86 bits per heavy atom. The average Bonchev–Trinajstić information content (AvgIpc) is 3.18. The summed E-state index contributed by atoms with van der Waals surface area (Å²) in [5.74, 6) is -0.651. The number of nitrogens with one attached hydrogen (secondary N) is 1. The van der Waals surface area contributed by atoms with E-state index in [1.54, 1.807) is 25.3 Å². The predicted octanol–water partition coefficient (Wildman–Crippen LogP) is 4.07. The minimum Gasteiger partial charge on any atom is -0.383 e. The second-order valence-electron chi connectivity index (χ2n) is 6.39. The highest BCUT2D eigenvalue weighted by Gasteiger charge is 2.22. The van der Waals surface area contributed by atoms with Crippen LogP contribution in [0.1, 0.15) is 10.4 Å². The monoisotopic (exact) mass is 391 g/mol. The summed E-state index contributed by atoms with van der Waals surface area (Å²) < 4.78 is 23.8. The van der Waals surface area contributed by atoms with Gasteiger partial charge in [0.15, 0.2) is 0 Å². The summed E-state index contributed by atoms with van der Waals surface area (Å²) in [5.41, 5.74) is 3.12. The van der Waals surface area contributed by atoms with E-state index in [1.165, 1.54) is 12.1 Å². The molecule has 0 aliphatic rings. The zero-order chi connectivity index (χ0) is 20.2. The summed E-state index contributed by atoms with van der Waals surface area (Å²) in [7, 11) is 1.57. The highest BCUT2D eigenvalue weighted by atomic mass is 19.1. The lowest BCUT2D eigenvalue weighted by Gasteiger charge is -2.08. The Bertz CT molecular complexity index is 1140. The summed E-state index contributed by atoms with van der Waals surface area (Å²) in [6.07, 6.45) is 0. The van der Waals surface area contributed by atoms with Crippen molar-refractivity contribution in [1.82, 2.24) is 15.5 Å². The van der Waals surface area contributed by atoms with Crippen LogP contribution >= 0.6 is 0 Å². The van der Waals surface area contributed by atoms with Gasteiger partial charge in [-0.25, -0.2) is 9.37 Å². The van der Waals surface area contributed by atoms with Gasteiger partial charge in [-0.3, -0.25) is 4.79 Å². The number of rotatable bonds is 6. The van der Waals surface area contributed by atoms with E-state index >= 15 is 0 Å². The summed E-state index contributed by atoms with van der Waals surface area (Å²) in [6.45, 7) is 0.747. The van der Waals surface area contributed by atoms with E-state index < -0.39 is 0 Å². The summed E-state index contributed by atoms with van der Waals surface area (Å²) in [6, 6.07) is 17.0. The van der Waals surface area contributed by atoms with Crippen LogP contribution in [0.3, 0.4) is 0 Å². The molecule has 0 atom stereocenters. The molecule has 1 amide bonds. The van der Waals surface area contributed by atoms with Gasteiger partial charge in [0.05, 0.1) is 23.3 Å². The fourth-order valence-electron chi connectivity index (χ4n) is 3.05. The second kappa shape index (κ2) is 8.20. The molecular weight excluding hydrogens is 373 g/mol. The molecule has 0 radical (unpaired) electrons. The minimum atomic E-state index is -0.358. The highest BCUT2D eigenvalue weighted by molar-refractivity contribution is 6.10. The van der Waals surface area contributed by atoms with Gasteiger partial charge in [-0.1, -0.05) is 35.5 Å². The van der Waals surface area contributed by atoms with E-state index in [2.05, 4.69) is 15.5 Å². The first-order valence-corrected chi connectivity index (χ1v) is 9.06. The number of nitrogens with zero attached hydrogens (tertiary/aromatic N) is 2.